The molecule has 0 spiro atoms. The van der Waals surface area contributed by atoms with E-state index in [1.807, 2.05) is 38.1 Å². The molecule has 0 saturated heterocycles. The highest BCUT2D eigenvalue weighted by Crippen LogP contribution is 2.31. The minimum atomic E-state index is -0.999. The van der Waals surface area contributed by atoms with E-state index in [0.717, 1.165) is 21.8 Å². The molecule has 6 heteroatoms. The lowest BCUT2D eigenvalue weighted by Gasteiger charge is -2.37. The molecular weight excluding hydrogens is 312 g/mol. The molecule has 3 aromatic rings. The van der Waals surface area contributed by atoms with Gasteiger partial charge in [0.1, 0.15) is 5.58 Å². The quantitative estimate of drug-likeness (QED) is 0.588. The van der Waals surface area contributed by atoms with Crippen molar-refractivity contribution >= 4 is 46.5 Å². The van der Waals surface area contributed by atoms with Crippen molar-refractivity contribution in [1.82, 2.24) is 4.98 Å². The van der Waals surface area contributed by atoms with E-state index in [9.17, 15) is 5.11 Å². The number of pyridine rings is 1. The zero-order valence-corrected chi connectivity index (χ0v) is 14.3. The summed E-state index contributed by atoms with van der Waals surface area (Å²) in [5.74, 6) is 0. The third kappa shape index (κ3) is 2.85. The first-order valence-electron chi connectivity index (χ1n) is 7.40. The Morgan fingerprint density at radius 1 is 1.22 bits per heavy atom. The molecule has 0 saturated carbocycles. The third-order valence-corrected chi connectivity index (χ3v) is 4.61. The number of aromatic nitrogens is 1. The predicted molar refractivity (Wildman–Crippen MR) is 93.4 cm³/mol. The van der Waals surface area contributed by atoms with Gasteiger partial charge in [0.25, 0.3) is 0 Å². The van der Waals surface area contributed by atoms with Gasteiger partial charge in [0.2, 0.25) is 0 Å². The maximum atomic E-state index is 10.2. The summed E-state index contributed by atoms with van der Waals surface area (Å²) >= 11 is 6.16. The summed E-state index contributed by atoms with van der Waals surface area (Å²) in [7, 11) is 1.60. The third-order valence-electron chi connectivity index (χ3n) is 4.34. The Morgan fingerprint density at radius 2 is 1.91 bits per heavy atom. The highest BCUT2D eigenvalue weighted by atomic mass is 35.5. The summed E-state index contributed by atoms with van der Waals surface area (Å²) in [4.78, 5) is 4.16. The molecule has 119 valence electrons. The summed E-state index contributed by atoms with van der Waals surface area (Å²) in [6.07, 6.45) is 1.65. The summed E-state index contributed by atoms with van der Waals surface area (Å²) < 4.78 is 11.7. The van der Waals surface area contributed by atoms with Crippen LogP contribution in [0, 0.1) is 0 Å². The van der Waals surface area contributed by atoms with E-state index in [2.05, 4.69) is 4.98 Å². The van der Waals surface area contributed by atoms with E-state index in [1.54, 1.807) is 27.5 Å². The average Bonchev–Trinajstić information content (AvgIpc) is 2.86. The Kier molecular flexibility index (Phi) is 3.91. The molecule has 0 atom stereocenters. The zero-order chi connectivity index (χ0) is 16.8. The van der Waals surface area contributed by atoms with Gasteiger partial charge in [0.05, 0.1) is 11.2 Å². The van der Waals surface area contributed by atoms with Crippen LogP contribution in [0.4, 0.5) is 0 Å². The van der Waals surface area contributed by atoms with E-state index in [4.69, 9.17) is 20.7 Å². The summed E-state index contributed by atoms with van der Waals surface area (Å²) in [5.41, 5.74) is 0.270. The lowest BCUT2D eigenvalue weighted by Crippen LogP contribution is -2.49. The number of halogens is 1. The first-order valence-corrected chi connectivity index (χ1v) is 7.78. The Hall–Kier alpha value is -1.56. The van der Waals surface area contributed by atoms with E-state index < -0.39 is 11.2 Å². The molecule has 1 radical (unpaired) electrons. The topological polar surface area (TPSA) is 55.5 Å². The number of nitrogens with zero attached hydrogens (tertiary/aromatic N) is 1. The number of aliphatic hydroxyl groups is 1. The molecule has 0 amide bonds. The minimum Gasteiger partial charge on any atom is -0.453 e. The lowest BCUT2D eigenvalue weighted by atomic mass is 9.81. The van der Waals surface area contributed by atoms with Gasteiger partial charge in [-0.3, -0.25) is 0 Å². The molecule has 0 aliphatic carbocycles. The monoisotopic (exact) mass is 330 g/mol. The fourth-order valence-corrected chi connectivity index (χ4v) is 2.35. The van der Waals surface area contributed by atoms with Gasteiger partial charge in [-0.25, -0.2) is 4.98 Å². The number of benzene rings is 1. The van der Waals surface area contributed by atoms with Gasteiger partial charge < -0.3 is 14.2 Å². The van der Waals surface area contributed by atoms with Gasteiger partial charge >= 0.3 is 7.48 Å². The van der Waals surface area contributed by atoms with Gasteiger partial charge in [0, 0.05) is 17.0 Å². The Balaban J connectivity index is 2.07. The number of furan rings is 1. The van der Waals surface area contributed by atoms with E-state index >= 15 is 0 Å². The second kappa shape index (κ2) is 5.51. The normalized spacial score (nSPS) is 13.0. The van der Waals surface area contributed by atoms with Crippen LogP contribution in [0.15, 0.2) is 34.9 Å². The summed E-state index contributed by atoms with van der Waals surface area (Å²) in [6, 6.07) is 7.70. The van der Waals surface area contributed by atoms with Crippen LogP contribution < -0.4 is 5.46 Å². The van der Waals surface area contributed by atoms with Gasteiger partial charge in [-0.05, 0) is 39.2 Å². The molecule has 3 rings (SSSR count). The molecular formula is C17H18BClNO3. The van der Waals surface area contributed by atoms with Crippen molar-refractivity contribution < 1.29 is 14.2 Å². The van der Waals surface area contributed by atoms with Crippen LogP contribution in [0.25, 0.3) is 21.9 Å². The van der Waals surface area contributed by atoms with Gasteiger partial charge in [-0.15, -0.1) is 0 Å². The SMILES string of the molecule is CC(C)(O)C(C)(C)O[B]c1cnc(Cl)c2oc3ccccc3c12. The second-order valence-electron chi connectivity index (χ2n) is 6.61. The maximum absolute atomic E-state index is 10.2. The van der Waals surface area contributed by atoms with Gasteiger partial charge in [-0.2, -0.15) is 0 Å². The Labute approximate surface area is 140 Å². The zero-order valence-electron chi connectivity index (χ0n) is 13.6. The smallest absolute Gasteiger partial charge is 0.333 e. The van der Waals surface area contributed by atoms with Crippen LogP contribution in [0.5, 0.6) is 0 Å². The van der Waals surface area contributed by atoms with Gasteiger partial charge in [0.15, 0.2) is 10.7 Å². The second-order valence-corrected chi connectivity index (χ2v) is 6.97. The van der Waals surface area contributed by atoms with Crippen LogP contribution in [-0.4, -0.2) is 28.8 Å². The van der Waals surface area contributed by atoms with Gasteiger partial charge in [-0.1, -0.05) is 29.8 Å². The number of para-hydroxylation sites is 1. The molecule has 23 heavy (non-hydrogen) atoms. The molecule has 1 aromatic carbocycles. The predicted octanol–water partition coefficient (Wildman–Crippen LogP) is 3.45. The van der Waals surface area contributed by atoms with Crippen molar-refractivity contribution in [3.05, 3.63) is 35.6 Å². The molecule has 0 aliphatic heterocycles. The van der Waals surface area contributed by atoms with Crippen LogP contribution in [-0.2, 0) is 4.65 Å². The van der Waals surface area contributed by atoms with Crippen molar-refractivity contribution in [2.45, 2.75) is 38.9 Å². The summed E-state index contributed by atoms with van der Waals surface area (Å²) in [6.45, 7) is 7.09. The maximum Gasteiger partial charge on any atom is 0.333 e. The largest absolute Gasteiger partial charge is 0.453 e. The van der Waals surface area contributed by atoms with Crippen molar-refractivity contribution in [3.8, 4) is 0 Å². The number of hydrogen-bond donors (Lipinski definition) is 1. The van der Waals surface area contributed by atoms with Crippen molar-refractivity contribution in [2.75, 3.05) is 0 Å². The molecule has 0 bridgehead atoms. The fraction of sp³-hybridized carbons (Fsp3) is 0.353. The minimum absolute atomic E-state index is 0.315. The standard InChI is InChI=1S/C17H18BClNO3/c1-16(2,21)17(3,4)23-18-11-9-20-15(19)14-13(11)10-7-5-6-8-12(10)22-14/h5-9,21H,1-4H3. The van der Waals surface area contributed by atoms with E-state index in [-0.39, 0.29) is 0 Å². The Bertz CT molecular complexity index is 867. The van der Waals surface area contributed by atoms with Crippen LogP contribution in [0.2, 0.25) is 5.15 Å². The molecule has 4 nitrogen and oxygen atoms in total. The number of fused-ring (bicyclic) bond motifs is 3. The van der Waals surface area contributed by atoms with Crippen molar-refractivity contribution in [3.63, 3.8) is 0 Å². The van der Waals surface area contributed by atoms with E-state index in [0.29, 0.717) is 10.7 Å². The highest BCUT2D eigenvalue weighted by molar-refractivity contribution is 6.53. The average molecular weight is 331 g/mol. The fourth-order valence-electron chi connectivity index (χ4n) is 2.17. The molecule has 2 heterocycles. The van der Waals surface area contributed by atoms with Crippen LogP contribution in [0.3, 0.4) is 0 Å². The van der Waals surface area contributed by atoms with E-state index in [1.165, 1.54) is 0 Å². The molecule has 1 N–H and O–H groups in total. The molecule has 2 aromatic heterocycles. The van der Waals surface area contributed by atoms with Crippen LogP contribution in [0.1, 0.15) is 27.7 Å². The molecule has 0 unspecified atom stereocenters. The van der Waals surface area contributed by atoms with Crippen LogP contribution >= 0.6 is 11.6 Å². The first-order chi connectivity index (χ1) is 10.7. The number of rotatable bonds is 4. The first kappa shape index (κ1) is 16.3. The highest BCUT2D eigenvalue weighted by Gasteiger charge is 2.36. The molecule has 0 fully saturated rings. The van der Waals surface area contributed by atoms with Crippen molar-refractivity contribution in [2.24, 2.45) is 0 Å². The lowest BCUT2D eigenvalue weighted by molar-refractivity contribution is -0.0893. The van der Waals surface area contributed by atoms with Crippen molar-refractivity contribution in [1.29, 1.82) is 0 Å². The Morgan fingerprint density at radius 3 is 2.61 bits per heavy atom. The number of hydrogen-bond acceptors (Lipinski definition) is 4. The summed E-state index contributed by atoms with van der Waals surface area (Å²) in [5, 5.41) is 12.3. The molecule has 0 aliphatic rings.